The molecule has 15 rings (SSSR count). The number of carbonyl (C=O) groups excluding carboxylic acids is 4. The van der Waals surface area contributed by atoms with Gasteiger partial charge in [-0.3, -0.25) is 29.4 Å². The molecule has 4 amide bonds. The first-order chi connectivity index (χ1) is 49.8. The molecule has 5 aliphatic rings. The van der Waals surface area contributed by atoms with Crippen molar-refractivity contribution in [2.24, 2.45) is 0 Å². The lowest BCUT2D eigenvalue weighted by atomic mass is 9.75. The van der Waals surface area contributed by atoms with Crippen molar-refractivity contribution in [1.82, 2.24) is 20.4 Å². The van der Waals surface area contributed by atoms with Crippen molar-refractivity contribution in [2.75, 3.05) is 67.0 Å². The summed E-state index contributed by atoms with van der Waals surface area (Å²) in [6, 6.07) is 63.6. The lowest BCUT2D eigenvalue weighted by Crippen LogP contribution is -2.33. The van der Waals surface area contributed by atoms with E-state index < -0.39 is 5.60 Å². The number of rotatable bonds is 16. The Morgan fingerprint density at radius 2 is 0.786 bits per heavy atom. The number of aromatic nitrogens is 4. The number of anilines is 8. The van der Waals surface area contributed by atoms with E-state index in [2.05, 4.69) is 227 Å². The van der Waals surface area contributed by atoms with Crippen LogP contribution in [-0.4, -0.2) is 75.3 Å². The predicted octanol–water partition coefficient (Wildman–Crippen LogP) is 17.0. The molecule has 6 heterocycles. The number of aromatic amines is 2. The van der Waals surface area contributed by atoms with Gasteiger partial charge in [-0.1, -0.05) is 111 Å². The number of hydrogen-bond donors (Lipinski definition) is 7. The zero-order chi connectivity index (χ0) is 72.0. The lowest BCUT2D eigenvalue weighted by molar-refractivity contribution is -0.115. The van der Waals surface area contributed by atoms with Gasteiger partial charge in [0.2, 0.25) is 23.6 Å². The van der Waals surface area contributed by atoms with Crippen LogP contribution in [0.15, 0.2) is 188 Å². The van der Waals surface area contributed by atoms with Crippen LogP contribution in [0.5, 0.6) is 0 Å². The maximum absolute atomic E-state index is 11.3. The van der Waals surface area contributed by atoms with Crippen LogP contribution in [0.4, 0.5) is 45.5 Å². The van der Waals surface area contributed by atoms with Crippen LogP contribution in [0, 0.1) is 6.92 Å². The summed E-state index contributed by atoms with van der Waals surface area (Å²) in [5.74, 6) is 0.449. The van der Waals surface area contributed by atoms with E-state index in [9.17, 15) is 24.3 Å². The van der Waals surface area contributed by atoms with Gasteiger partial charge >= 0.3 is 0 Å². The van der Waals surface area contributed by atoms with Gasteiger partial charge in [0.1, 0.15) is 0 Å². The smallest absolute Gasteiger partial charge is 0.221 e. The Labute approximate surface area is 606 Å². The highest BCUT2D eigenvalue weighted by Gasteiger charge is 2.36. The van der Waals surface area contributed by atoms with Crippen LogP contribution in [-0.2, 0) is 76.6 Å². The molecule has 0 bridgehead atoms. The second-order valence-corrected chi connectivity index (χ2v) is 28.5. The number of aryl methyl sites for hydroxylation is 5. The van der Waals surface area contributed by atoms with Crippen LogP contribution in [0.3, 0.4) is 0 Å². The number of carbonyl (C=O) groups is 4. The maximum atomic E-state index is 11.3. The molecule has 1 fully saturated rings. The molecule has 0 saturated heterocycles. The fourth-order valence-corrected chi connectivity index (χ4v) is 14.6. The fourth-order valence-electron chi connectivity index (χ4n) is 14.6. The first-order valence-electron chi connectivity index (χ1n) is 36.6. The van der Waals surface area contributed by atoms with E-state index in [4.69, 9.17) is 0 Å². The minimum atomic E-state index is -0.587. The second kappa shape index (κ2) is 33.3. The zero-order valence-corrected chi connectivity index (χ0v) is 60.7. The molecule has 8 aromatic carbocycles. The summed E-state index contributed by atoms with van der Waals surface area (Å²) >= 11 is 0. The van der Waals surface area contributed by atoms with Crippen LogP contribution < -0.4 is 40.9 Å². The van der Waals surface area contributed by atoms with Crippen molar-refractivity contribution in [3.63, 3.8) is 0 Å². The molecule has 103 heavy (non-hydrogen) atoms. The molecule has 1 saturated carbocycles. The van der Waals surface area contributed by atoms with Crippen LogP contribution in [0.25, 0.3) is 22.5 Å². The molecule has 0 unspecified atom stereocenters. The number of aliphatic hydroxyl groups is 1. The molecule has 2 aromatic heterocycles. The minimum Gasteiger partial charge on any atom is -0.385 e. The van der Waals surface area contributed by atoms with E-state index in [1.54, 1.807) is 27.0 Å². The number of hydrogen-bond acceptors (Lipinski definition) is 11. The van der Waals surface area contributed by atoms with E-state index in [0.717, 1.165) is 180 Å². The van der Waals surface area contributed by atoms with Gasteiger partial charge in [-0.05, 0) is 230 Å². The van der Waals surface area contributed by atoms with Crippen LogP contribution in [0.1, 0.15) is 154 Å². The third-order valence-corrected chi connectivity index (χ3v) is 20.0. The van der Waals surface area contributed by atoms with Crippen LogP contribution >= 0.6 is 0 Å². The summed E-state index contributed by atoms with van der Waals surface area (Å²) in [6.45, 7) is 20.4. The Morgan fingerprint density at radius 3 is 1.09 bits per heavy atom. The number of nitrogens with zero attached hydrogens (tertiary/aromatic N) is 6. The Kier molecular flexibility index (Phi) is 23.3. The van der Waals surface area contributed by atoms with Gasteiger partial charge in [-0.25, -0.2) is 0 Å². The monoisotopic (exact) mass is 1380 g/mol. The second-order valence-electron chi connectivity index (χ2n) is 28.5. The van der Waals surface area contributed by atoms with Crippen molar-refractivity contribution in [3.05, 3.63) is 250 Å². The van der Waals surface area contributed by atoms with Gasteiger partial charge in [-0.2, -0.15) is 10.2 Å². The third kappa shape index (κ3) is 19.1. The number of nitrogens with one attached hydrogen (secondary N) is 6. The third-order valence-electron chi connectivity index (χ3n) is 20.0. The minimum absolute atomic E-state index is 0.0205. The van der Waals surface area contributed by atoms with E-state index in [1.807, 2.05) is 37.3 Å². The molecule has 1 aliphatic carbocycles. The molecule has 17 heteroatoms. The highest BCUT2D eigenvalue weighted by atomic mass is 16.3. The van der Waals surface area contributed by atoms with Gasteiger partial charge in [0.05, 0.1) is 17.0 Å². The lowest BCUT2D eigenvalue weighted by Gasteiger charge is -2.37. The van der Waals surface area contributed by atoms with E-state index in [1.165, 1.54) is 79.7 Å². The Balaban J connectivity index is 0.000000130. The standard InChI is InChI=1S/C22H24N4O.C22H26N2O2.C21H22N4O.C21H26N2O/c1-15-12-21(25-24-15)18-7-5-17(6-8-18)14-26-11-3-4-19-13-20(23-16(2)27)9-10-22(19)26;1-16(25)23-20-9-10-21-18(14-20)4-2-13-24(21)15-17-5-7-19(8-6-17)22(26)11-3-12-22;1-15(26)23-19-8-9-21-18(13-19)3-2-12-25(21)14-16-4-6-17(7-5-16)20-10-11-22-24-20;1-15(2)18-8-6-17(7-9-18)14-23-12-4-5-19-13-20(22-16(3)24)10-11-21(19)23/h5-10,12-13H,3-4,11,14H2,1-2H3,(H,23,27)(H,24,25);5-10,14,26H,2-4,11-13,15H2,1H3,(H,23,25);4-11,13H,2-3,12,14H2,1H3,(H,22,24)(H,23,26);6-11,13,15H,4-5,12,14H2,1-3H3,(H,22,24). The molecule has 10 aromatic rings. The molecular weight excluding hydrogens is 1280 g/mol. The highest BCUT2D eigenvalue weighted by molar-refractivity contribution is 5.91. The molecule has 4 aliphatic heterocycles. The topological polar surface area (TPSA) is 207 Å². The van der Waals surface area contributed by atoms with Gasteiger partial charge in [0.25, 0.3) is 0 Å². The summed E-state index contributed by atoms with van der Waals surface area (Å²) < 4.78 is 0. The molecule has 17 nitrogen and oxygen atoms in total. The summed E-state index contributed by atoms with van der Waals surface area (Å²) in [6.07, 6.45) is 13.4. The number of H-pyrrole nitrogens is 2. The van der Waals surface area contributed by atoms with Crippen molar-refractivity contribution in [1.29, 1.82) is 0 Å². The van der Waals surface area contributed by atoms with E-state index in [0.29, 0.717) is 5.92 Å². The number of amides is 4. The quantitative estimate of drug-likeness (QED) is 0.0484. The summed E-state index contributed by atoms with van der Waals surface area (Å²) in [5, 5.41) is 36.3. The largest absolute Gasteiger partial charge is 0.385 e. The Hall–Kier alpha value is -10.8. The molecule has 0 spiro atoms. The van der Waals surface area contributed by atoms with Crippen molar-refractivity contribution in [3.8, 4) is 22.5 Å². The predicted molar refractivity (Wildman–Crippen MR) is 418 cm³/mol. The van der Waals surface area contributed by atoms with Crippen molar-refractivity contribution < 1.29 is 24.3 Å². The van der Waals surface area contributed by atoms with Crippen LogP contribution in [0.2, 0.25) is 0 Å². The van der Waals surface area contributed by atoms with Crippen molar-refractivity contribution >= 4 is 69.1 Å². The maximum Gasteiger partial charge on any atom is 0.221 e. The summed E-state index contributed by atoms with van der Waals surface area (Å²) in [4.78, 5) is 54.8. The Bertz CT molecular complexity index is 4540. The Morgan fingerprint density at radius 1 is 0.437 bits per heavy atom. The average Bonchev–Trinajstić information content (AvgIpc) is 1.36. The fraction of sp³-hybridized carbons (Fsp3) is 0.326. The van der Waals surface area contributed by atoms with Crippen molar-refractivity contribution in [2.45, 2.75) is 157 Å². The van der Waals surface area contributed by atoms with E-state index in [-0.39, 0.29) is 23.6 Å². The molecule has 0 atom stereocenters. The number of benzene rings is 8. The average molecular weight is 1380 g/mol. The van der Waals surface area contributed by atoms with Gasteiger partial charge in [-0.15, -0.1) is 0 Å². The van der Waals surface area contributed by atoms with E-state index >= 15 is 0 Å². The normalized spacial score (nSPS) is 14.6. The highest BCUT2D eigenvalue weighted by Crippen LogP contribution is 2.42. The summed E-state index contributed by atoms with van der Waals surface area (Å²) in [5.41, 5.74) is 26.2. The molecular formula is C86H98N12O5. The zero-order valence-electron chi connectivity index (χ0n) is 60.7. The number of fused-ring (bicyclic) bond motifs is 4. The van der Waals surface area contributed by atoms with Gasteiger partial charge < -0.3 is 46.0 Å². The molecule has 7 N–H and O–H groups in total. The SMILES string of the molecule is CC(=O)Nc1ccc2c(c1)CCCN2Cc1ccc(-c2cc(C)[nH]n2)cc1.CC(=O)Nc1ccc2c(c1)CCCN2Cc1ccc(-c2ccn[nH]2)cc1.CC(=O)Nc1ccc2c(c1)CCCN2Cc1ccc(C(C)C)cc1.CC(=O)Nc1ccc2c(c1)CCCN2Cc1ccc(C2(O)CCC2)cc1. The van der Waals surface area contributed by atoms with Gasteiger partial charge in [0, 0.05) is 143 Å². The molecule has 532 valence electrons. The van der Waals surface area contributed by atoms with Gasteiger partial charge in [0.15, 0.2) is 0 Å². The first-order valence-corrected chi connectivity index (χ1v) is 36.6. The first kappa shape index (κ1) is 72.0. The molecule has 0 radical (unpaired) electrons. The summed E-state index contributed by atoms with van der Waals surface area (Å²) in [7, 11) is 0.